The summed E-state index contributed by atoms with van der Waals surface area (Å²) in [5.74, 6) is -0.181. The summed E-state index contributed by atoms with van der Waals surface area (Å²) in [4.78, 5) is 0. The number of hydrogen-bond donors (Lipinski definition) is 1. The van der Waals surface area contributed by atoms with Crippen molar-refractivity contribution in [2.24, 2.45) is 5.73 Å². The molecule has 0 atom stereocenters. The van der Waals surface area contributed by atoms with E-state index in [2.05, 4.69) is 26.0 Å². The lowest BCUT2D eigenvalue weighted by molar-refractivity contribution is 0.627. The van der Waals surface area contributed by atoms with Gasteiger partial charge in [-0.2, -0.15) is 0 Å². The van der Waals surface area contributed by atoms with E-state index in [0.29, 0.717) is 6.54 Å². The summed E-state index contributed by atoms with van der Waals surface area (Å²) in [7, 11) is 0. The van der Waals surface area contributed by atoms with Crippen LogP contribution in [0.25, 0.3) is 11.1 Å². The second kappa shape index (κ2) is 6.19. The van der Waals surface area contributed by atoms with E-state index < -0.39 is 0 Å². The van der Waals surface area contributed by atoms with Crippen LogP contribution in [0.2, 0.25) is 0 Å². The van der Waals surface area contributed by atoms with Gasteiger partial charge >= 0.3 is 0 Å². The standard InChI is InChI=1S/C18H22FN/c1-12-9-13(2)16(5-4-8-20)18(10-12)17-7-6-15(19)11-14(17)3/h6-7,9-11H,4-5,8,20H2,1-3H3. The van der Waals surface area contributed by atoms with Gasteiger partial charge in [-0.25, -0.2) is 4.39 Å². The van der Waals surface area contributed by atoms with Gasteiger partial charge in [0.05, 0.1) is 0 Å². The number of nitrogens with two attached hydrogens (primary N) is 1. The first kappa shape index (κ1) is 14.7. The SMILES string of the molecule is Cc1cc(C)c(CCCN)c(-c2ccc(F)cc2C)c1. The van der Waals surface area contributed by atoms with E-state index in [1.165, 1.54) is 28.3 Å². The molecule has 0 aliphatic heterocycles. The fourth-order valence-electron chi connectivity index (χ4n) is 2.78. The average Bonchev–Trinajstić information content (AvgIpc) is 2.37. The fraction of sp³-hybridized carbons (Fsp3) is 0.333. The zero-order valence-electron chi connectivity index (χ0n) is 12.5. The molecule has 20 heavy (non-hydrogen) atoms. The Hall–Kier alpha value is -1.67. The predicted octanol–water partition coefficient (Wildman–Crippen LogP) is 4.31. The maximum Gasteiger partial charge on any atom is 0.123 e. The summed E-state index contributed by atoms with van der Waals surface area (Å²) in [6.45, 7) is 6.89. The van der Waals surface area contributed by atoms with Gasteiger partial charge in [-0.3, -0.25) is 0 Å². The average molecular weight is 271 g/mol. The topological polar surface area (TPSA) is 26.0 Å². The number of aryl methyl sites for hydroxylation is 3. The first-order chi connectivity index (χ1) is 9.52. The zero-order chi connectivity index (χ0) is 14.7. The predicted molar refractivity (Wildman–Crippen MR) is 83.4 cm³/mol. The van der Waals surface area contributed by atoms with Gasteiger partial charge in [-0.1, -0.05) is 23.8 Å². The molecule has 2 N–H and O–H groups in total. The molecule has 0 aromatic heterocycles. The van der Waals surface area contributed by atoms with Gasteiger partial charge in [-0.15, -0.1) is 0 Å². The van der Waals surface area contributed by atoms with E-state index in [9.17, 15) is 4.39 Å². The Morgan fingerprint density at radius 2 is 1.70 bits per heavy atom. The summed E-state index contributed by atoms with van der Waals surface area (Å²) < 4.78 is 13.3. The molecule has 0 bridgehead atoms. The van der Waals surface area contributed by atoms with Crippen molar-refractivity contribution in [1.82, 2.24) is 0 Å². The van der Waals surface area contributed by atoms with Crippen LogP contribution in [0.3, 0.4) is 0 Å². The Morgan fingerprint density at radius 1 is 0.950 bits per heavy atom. The monoisotopic (exact) mass is 271 g/mol. The lowest BCUT2D eigenvalue weighted by Gasteiger charge is -2.16. The number of benzene rings is 2. The molecule has 0 aliphatic rings. The molecule has 2 aromatic rings. The summed E-state index contributed by atoms with van der Waals surface area (Å²) in [6.07, 6.45) is 1.94. The number of hydrogen-bond acceptors (Lipinski definition) is 1. The summed E-state index contributed by atoms with van der Waals surface area (Å²) in [5, 5.41) is 0. The van der Waals surface area contributed by atoms with Crippen molar-refractivity contribution in [1.29, 1.82) is 0 Å². The molecule has 0 saturated heterocycles. The van der Waals surface area contributed by atoms with Crippen LogP contribution in [0.4, 0.5) is 4.39 Å². The molecule has 106 valence electrons. The van der Waals surface area contributed by atoms with Crippen LogP contribution in [-0.4, -0.2) is 6.54 Å². The van der Waals surface area contributed by atoms with Gasteiger partial charge in [0.1, 0.15) is 5.82 Å². The molecule has 0 heterocycles. The minimum Gasteiger partial charge on any atom is -0.330 e. The van der Waals surface area contributed by atoms with Crippen LogP contribution in [0.1, 0.15) is 28.7 Å². The van der Waals surface area contributed by atoms with Gasteiger partial charge < -0.3 is 5.73 Å². The van der Waals surface area contributed by atoms with Crippen LogP contribution in [-0.2, 0) is 6.42 Å². The Kier molecular flexibility index (Phi) is 4.56. The Bertz CT molecular complexity index is 617. The molecule has 1 nitrogen and oxygen atoms in total. The molecule has 0 unspecified atom stereocenters. The van der Waals surface area contributed by atoms with Crippen molar-refractivity contribution in [2.45, 2.75) is 33.6 Å². The van der Waals surface area contributed by atoms with Crippen molar-refractivity contribution in [3.63, 3.8) is 0 Å². The highest BCUT2D eigenvalue weighted by Gasteiger charge is 2.11. The van der Waals surface area contributed by atoms with Crippen molar-refractivity contribution >= 4 is 0 Å². The molecule has 2 heteroatoms. The lowest BCUT2D eigenvalue weighted by Crippen LogP contribution is -2.03. The van der Waals surface area contributed by atoms with Crippen LogP contribution < -0.4 is 5.73 Å². The largest absolute Gasteiger partial charge is 0.330 e. The first-order valence-corrected chi connectivity index (χ1v) is 7.09. The summed E-state index contributed by atoms with van der Waals surface area (Å²) >= 11 is 0. The van der Waals surface area contributed by atoms with Gasteiger partial charge in [0.15, 0.2) is 0 Å². The molecular formula is C18H22FN. The van der Waals surface area contributed by atoms with Crippen molar-refractivity contribution < 1.29 is 4.39 Å². The molecule has 0 spiro atoms. The maximum absolute atomic E-state index is 13.3. The highest BCUT2D eigenvalue weighted by molar-refractivity contribution is 5.72. The van der Waals surface area contributed by atoms with E-state index in [1.807, 2.05) is 13.0 Å². The quantitative estimate of drug-likeness (QED) is 0.881. The van der Waals surface area contributed by atoms with Gasteiger partial charge in [0.25, 0.3) is 0 Å². The van der Waals surface area contributed by atoms with E-state index in [0.717, 1.165) is 24.0 Å². The molecule has 0 saturated carbocycles. The van der Waals surface area contributed by atoms with Crippen molar-refractivity contribution in [2.75, 3.05) is 6.54 Å². The highest BCUT2D eigenvalue weighted by atomic mass is 19.1. The van der Waals surface area contributed by atoms with Gasteiger partial charge in [0, 0.05) is 0 Å². The Balaban J connectivity index is 2.59. The molecule has 0 aliphatic carbocycles. The van der Waals surface area contributed by atoms with Crippen molar-refractivity contribution in [3.8, 4) is 11.1 Å². The number of rotatable bonds is 4. The lowest BCUT2D eigenvalue weighted by atomic mass is 9.89. The van der Waals surface area contributed by atoms with Gasteiger partial charge in [0.2, 0.25) is 0 Å². The Morgan fingerprint density at radius 3 is 2.35 bits per heavy atom. The van der Waals surface area contributed by atoms with Gasteiger partial charge in [-0.05, 0) is 80.1 Å². The molecular weight excluding hydrogens is 249 g/mol. The summed E-state index contributed by atoms with van der Waals surface area (Å²) in [6, 6.07) is 9.41. The molecule has 0 amide bonds. The fourth-order valence-corrected chi connectivity index (χ4v) is 2.78. The second-order valence-electron chi connectivity index (χ2n) is 5.46. The maximum atomic E-state index is 13.3. The molecule has 2 rings (SSSR count). The van der Waals surface area contributed by atoms with Crippen LogP contribution in [0, 0.1) is 26.6 Å². The van der Waals surface area contributed by atoms with E-state index >= 15 is 0 Å². The van der Waals surface area contributed by atoms with Crippen LogP contribution in [0.5, 0.6) is 0 Å². The molecule has 0 radical (unpaired) electrons. The van der Waals surface area contributed by atoms with E-state index in [4.69, 9.17) is 5.73 Å². The first-order valence-electron chi connectivity index (χ1n) is 7.09. The van der Waals surface area contributed by atoms with Crippen LogP contribution >= 0.6 is 0 Å². The zero-order valence-corrected chi connectivity index (χ0v) is 12.5. The molecule has 0 fully saturated rings. The second-order valence-corrected chi connectivity index (χ2v) is 5.46. The molecule has 2 aromatic carbocycles. The van der Waals surface area contributed by atoms with E-state index in [1.54, 1.807) is 6.07 Å². The van der Waals surface area contributed by atoms with Crippen LogP contribution in [0.15, 0.2) is 30.3 Å². The Labute approximate surface area is 120 Å². The third kappa shape index (κ3) is 3.07. The minimum atomic E-state index is -0.181. The normalized spacial score (nSPS) is 10.8. The third-order valence-electron chi connectivity index (χ3n) is 3.73. The summed E-state index contributed by atoms with van der Waals surface area (Å²) in [5.41, 5.74) is 12.8. The third-order valence-corrected chi connectivity index (χ3v) is 3.73. The minimum absolute atomic E-state index is 0.181. The number of halogens is 1. The smallest absolute Gasteiger partial charge is 0.123 e. The van der Waals surface area contributed by atoms with E-state index in [-0.39, 0.29) is 5.82 Å². The highest BCUT2D eigenvalue weighted by Crippen LogP contribution is 2.31. The van der Waals surface area contributed by atoms with Crippen molar-refractivity contribution in [3.05, 3.63) is 58.4 Å².